The van der Waals surface area contributed by atoms with E-state index in [1.807, 2.05) is 6.07 Å². The molecule has 1 saturated carbocycles. The standard InChI is InChI=1S/C15H20F3NS/c1-19-10-11-7-8-13(9-14(11)15(16,17)18)20-12-5-3-2-4-6-12/h7-9,12,19H,2-6,10H2,1H3. The Morgan fingerprint density at radius 3 is 2.50 bits per heavy atom. The van der Waals surface area contributed by atoms with Crippen LogP contribution in [0.2, 0.25) is 0 Å². The average Bonchev–Trinajstić information content (AvgIpc) is 2.41. The molecular formula is C15H20F3NS. The molecule has 1 nitrogen and oxygen atoms in total. The molecule has 2 rings (SSSR count). The highest BCUT2D eigenvalue weighted by Gasteiger charge is 2.33. The van der Waals surface area contributed by atoms with Crippen molar-refractivity contribution < 1.29 is 13.2 Å². The van der Waals surface area contributed by atoms with Crippen LogP contribution in [0.1, 0.15) is 43.2 Å². The number of alkyl halides is 3. The molecule has 20 heavy (non-hydrogen) atoms. The van der Waals surface area contributed by atoms with E-state index in [0.717, 1.165) is 17.7 Å². The Kier molecular flexibility index (Phi) is 5.38. The summed E-state index contributed by atoms with van der Waals surface area (Å²) in [5.41, 5.74) is -0.194. The third-order valence-electron chi connectivity index (χ3n) is 3.61. The van der Waals surface area contributed by atoms with E-state index in [1.54, 1.807) is 24.9 Å². The molecule has 0 aliphatic heterocycles. The smallest absolute Gasteiger partial charge is 0.316 e. The van der Waals surface area contributed by atoms with Crippen molar-refractivity contribution in [3.8, 4) is 0 Å². The summed E-state index contributed by atoms with van der Waals surface area (Å²) in [6.07, 6.45) is 1.60. The van der Waals surface area contributed by atoms with Crippen molar-refractivity contribution in [1.29, 1.82) is 0 Å². The zero-order chi connectivity index (χ0) is 14.6. The van der Waals surface area contributed by atoms with Crippen LogP contribution in [0.4, 0.5) is 13.2 Å². The number of benzene rings is 1. The van der Waals surface area contributed by atoms with Crippen molar-refractivity contribution in [3.63, 3.8) is 0 Å². The molecular weight excluding hydrogens is 283 g/mol. The molecule has 0 amide bonds. The van der Waals surface area contributed by atoms with E-state index in [4.69, 9.17) is 0 Å². The van der Waals surface area contributed by atoms with Crippen LogP contribution < -0.4 is 5.32 Å². The van der Waals surface area contributed by atoms with E-state index < -0.39 is 11.7 Å². The van der Waals surface area contributed by atoms with E-state index in [9.17, 15) is 13.2 Å². The monoisotopic (exact) mass is 303 g/mol. The minimum absolute atomic E-state index is 0.239. The molecule has 1 aliphatic carbocycles. The average molecular weight is 303 g/mol. The summed E-state index contributed by atoms with van der Waals surface area (Å²) in [6, 6.07) is 4.73. The van der Waals surface area contributed by atoms with Gasteiger partial charge in [0, 0.05) is 16.7 Å². The van der Waals surface area contributed by atoms with Crippen LogP contribution in [0, 0.1) is 0 Å². The molecule has 1 aromatic rings. The number of thioether (sulfide) groups is 1. The Bertz CT molecular complexity index is 439. The first-order valence-electron chi connectivity index (χ1n) is 7.02. The zero-order valence-electron chi connectivity index (χ0n) is 11.6. The fraction of sp³-hybridized carbons (Fsp3) is 0.600. The summed E-state index contributed by atoms with van der Waals surface area (Å²) in [7, 11) is 1.66. The van der Waals surface area contributed by atoms with E-state index in [0.29, 0.717) is 10.8 Å². The van der Waals surface area contributed by atoms with Crippen molar-refractivity contribution in [2.45, 2.75) is 55.0 Å². The van der Waals surface area contributed by atoms with Crippen LogP contribution in [0.3, 0.4) is 0 Å². The quantitative estimate of drug-likeness (QED) is 0.853. The normalized spacial score (nSPS) is 17.4. The molecule has 1 fully saturated rings. The number of rotatable bonds is 4. The molecule has 1 aliphatic rings. The lowest BCUT2D eigenvalue weighted by Crippen LogP contribution is -2.14. The Labute approximate surface area is 122 Å². The van der Waals surface area contributed by atoms with E-state index in [-0.39, 0.29) is 6.54 Å². The largest absolute Gasteiger partial charge is 0.416 e. The minimum Gasteiger partial charge on any atom is -0.316 e. The van der Waals surface area contributed by atoms with E-state index >= 15 is 0 Å². The fourth-order valence-corrected chi connectivity index (χ4v) is 3.90. The maximum atomic E-state index is 13.1. The Morgan fingerprint density at radius 2 is 1.90 bits per heavy atom. The van der Waals surface area contributed by atoms with Gasteiger partial charge in [-0.1, -0.05) is 25.3 Å². The Balaban J connectivity index is 2.17. The summed E-state index contributed by atoms with van der Waals surface area (Å²) in [6.45, 7) is 0.239. The van der Waals surface area contributed by atoms with Gasteiger partial charge in [-0.3, -0.25) is 0 Å². The second-order valence-corrected chi connectivity index (χ2v) is 6.60. The van der Waals surface area contributed by atoms with E-state index in [1.165, 1.54) is 25.3 Å². The van der Waals surface area contributed by atoms with Gasteiger partial charge in [0.1, 0.15) is 0 Å². The van der Waals surface area contributed by atoms with Gasteiger partial charge in [-0.15, -0.1) is 11.8 Å². The predicted molar refractivity (Wildman–Crippen MR) is 76.9 cm³/mol. The van der Waals surface area contributed by atoms with Gasteiger partial charge < -0.3 is 5.32 Å². The molecule has 5 heteroatoms. The molecule has 112 valence electrons. The SMILES string of the molecule is CNCc1ccc(SC2CCCCC2)cc1C(F)(F)F. The first-order chi connectivity index (χ1) is 9.50. The molecule has 0 spiro atoms. The second-order valence-electron chi connectivity index (χ2n) is 5.22. The van der Waals surface area contributed by atoms with Gasteiger partial charge in [0.05, 0.1) is 5.56 Å². The third kappa shape index (κ3) is 4.16. The fourth-order valence-electron chi connectivity index (χ4n) is 2.61. The third-order valence-corrected chi connectivity index (χ3v) is 4.94. The predicted octanol–water partition coefficient (Wildman–Crippen LogP) is 4.85. The maximum absolute atomic E-state index is 13.1. The molecule has 0 aromatic heterocycles. The van der Waals surface area contributed by atoms with Crippen LogP contribution in [-0.4, -0.2) is 12.3 Å². The molecule has 0 saturated heterocycles. The first kappa shape index (κ1) is 15.7. The van der Waals surface area contributed by atoms with Gasteiger partial charge >= 0.3 is 6.18 Å². The minimum atomic E-state index is -4.28. The molecule has 1 N–H and O–H groups in total. The molecule has 0 unspecified atom stereocenters. The lowest BCUT2D eigenvalue weighted by molar-refractivity contribution is -0.138. The van der Waals surface area contributed by atoms with Crippen molar-refractivity contribution in [2.75, 3.05) is 7.05 Å². The molecule has 0 heterocycles. The van der Waals surface area contributed by atoms with Crippen LogP contribution >= 0.6 is 11.8 Å². The lowest BCUT2D eigenvalue weighted by atomic mass is 10.0. The van der Waals surface area contributed by atoms with Gasteiger partial charge in [0.2, 0.25) is 0 Å². The van der Waals surface area contributed by atoms with Gasteiger partial charge in [0.25, 0.3) is 0 Å². The lowest BCUT2D eigenvalue weighted by Gasteiger charge is -2.22. The second kappa shape index (κ2) is 6.85. The van der Waals surface area contributed by atoms with Crippen LogP contribution in [0.5, 0.6) is 0 Å². The summed E-state index contributed by atoms with van der Waals surface area (Å²) >= 11 is 1.60. The van der Waals surface area contributed by atoms with Gasteiger partial charge in [-0.05, 0) is 37.6 Å². The van der Waals surface area contributed by atoms with Crippen molar-refractivity contribution in [3.05, 3.63) is 29.3 Å². The van der Waals surface area contributed by atoms with Gasteiger partial charge in [-0.2, -0.15) is 13.2 Å². The molecule has 0 atom stereocenters. The van der Waals surface area contributed by atoms with Gasteiger partial charge in [-0.25, -0.2) is 0 Å². The summed E-state index contributed by atoms with van der Waals surface area (Å²) < 4.78 is 39.3. The zero-order valence-corrected chi connectivity index (χ0v) is 12.4. The number of nitrogens with one attached hydrogen (secondary N) is 1. The summed E-state index contributed by atoms with van der Waals surface area (Å²) in [5.74, 6) is 0. The van der Waals surface area contributed by atoms with E-state index in [2.05, 4.69) is 5.32 Å². The highest BCUT2D eigenvalue weighted by molar-refractivity contribution is 8.00. The summed E-state index contributed by atoms with van der Waals surface area (Å²) in [4.78, 5) is 0.740. The van der Waals surface area contributed by atoms with Crippen LogP contribution in [0.25, 0.3) is 0 Å². The molecule has 0 bridgehead atoms. The number of hydrogen-bond acceptors (Lipinski definition) is 2. The van der Waals surface area contributed by atoms with Gasteiger partial charge in [0.15, 0.2) is 0 Å². The summed E-state index contributed by atoms with van der Waals surface area (Å²) in [5, 5.41) is 3.26. The van der Waals surface area contributed by atoms with Crippen LogP contribution in [-0.2, 0) is 12.7 Å². The Morgan fingerprint density at radius 1 is 1.20 bits per heavy atom. The van der Waals surface area contributed by atoms with Crippen molar-refractivity contribution >= 4 is 11.8 Å². The molecule has 0 radical (unpaired) electrons. The highest BCUT2D eigenvalue weighted by Crippen LogP contribution is 2.38. The number of hydrogen-bond donors (Lipinski definition) is 1. The maximum Gasteiger partial charge on any atom is 0.416 e. The topological polar surface area (TPSA) is 12.0 Å². The van der Waals surface area contributed by atoms with Crippen molar-refractivity contribution in [1.82, 2.24) is 5.32 Å². The van der Waals surface area contributed by atoms with Crippen molar-refractivity contribution in [2.24, 2.45) is 0 Å². The Hall–Kier alpha value is -0.680. The molecule has 1 aromatic carbocycles. The number of halogens is 3. The first-order valence-corrected chi connectivity index (χ1v) is 7.90. The highest BCUT2D eigenvalue weighted by atomic mass is 32.2. The van der Waals surface area contributed by atoms with Crippen LogP contribution in [0.15, 0.2) is 23.1 Å².